The van der Waals surface area contributed by atoms with Crippen LogP contribution in [0.5, 0.6) is 0 Å². The predicted molar refractivity (Wildman–Crippen MR) is 50.8 cm³/mol. The largest absolute Gasteiger partial charge is 0.391 e. The molecule has 0 aromatic heterocycles. The third-order valence-corrected chi connectivity index (χ3v) is 3.44. The lowest BCUT2D eigenvalue weighted by molar-refractivity contribution is -0.100. The second kappa shape index (κ2) is 3.75. The molecule has 2 aliphatic heterocycles. The van der Waals surface area contributed by atoms with Gasteiger partial charge in [-0.25, -0.2) is 0 Å². The Morgan fingerprint density at radius 3 is 2.57 bits per heavy atom. The molecule has 2 heterocycles. The zero-order chi connectivity index (χ0) is 10.3. The molecule has 0 aromatic rings. The summed E-state index contributed by atoms with van der Waals surface area (Å²) in [6.45, 7) is 1.49. The summed E-state index contributed by atoms with van der Waals surface area (Å²) in [5, 5.41) is 32.2. The quantitative estimate of drug-likeness (QED) is 0.386. The van der Waals surface area contributed by atoms with Crippen LogP contribution in [-0.2, 0) is 0 Å². The summed E-state index contributed by atoms with van der Waals surface area (Å²) in [5.41, 5.74) is 0. The topological polar surface area (TPSA) is 76.0 Å². The Morgan fingerprint density at radius 1 is 1.21 bits per heavy atom. The number of nitrogens with one attached hydrogen (secondary N) is 1. The van der Waals surface area contributed by atoms with Crippen molar-refractivity contribution in [2.75, 3.05) is 20.1 Å². The molecule has 0 spiro atoms. The van der Waals surface area contributed by atoms with Crippen molar-refractivity contribution in [1.82, 2.24) is 10.2 Å². The minimum Gasteiger partial charge on any atom is -0.391 e. The maximum atomic E-state index is 9.83. The molecule has 0 aromatic carbocycles. The summed E-state index contributed by atoms with van der Waals surface area (Å²) < 4.78 is 0. The molecule has 0 saturated carbocycles. The number of hydrogen-bond acceptors (Lipinski definition) is 5. The fourth-order valence-electron chi connectivity index (χ4n) is 2.58. The number of nitrogens with zero attached hydrogens (tertiary/aromatic N) is 1. The third kappa shape index (κ3) is 1.45. The molecule has 2 aliphatic rings. The van der Waals surface area contributed by atoms with Gasteiger partial charge >= 0.3 is 0 Å². The zero-order valence-electron chi connectivity index (χ0n) is 8.30. The minimum absolute atomic E-state index is 0.105. The van der Waals surface area contributed by atoms with E-state index in [1.165, 1.54) is 0 Å². The van der Waals surface area contributed by atoms with Crippen LogP contribution in [0.1, 0.15) is 6.42 Å². The Labute approximate surface area is 83.3 Å². The van der Waals surface area contributed by atoms with Crippen LogP contribution in [0.3, 0.4) is 0 Å². The van der Waals surface area contributed by atoms with E-state index in [0.29, 0.717) is 13.0 Å². The molecule has 5 heteroatoms. The van der Waals surface area contributed by atoms with Crippen LogP contribution in [-0.4, -0.2) is 70.8 Å². The van der Waals surface area contributed by atoms with Crippen LogP contribution in [0, 0.1) is 0 Å². The molecule has 82 valence electrons. The summed E-state index contributed by atoms with van der Waals surface area (Å²) >= 11 is 0. The number of aliphatic hydroxyl groups excluding tert-OH is 3. The van der Waals surface area contributed by atoms with Crippen LogP contribution in [0.2, 0.25) is 0 Å². The predicted octanol–water partition coefficient (Wildman–Crippen LogP) is -2.25. The van der Waals surface area contributed by atoms with Crippen molar-refractivity contribution in [3.05, 3.63) is 0 Å². The molecule has 2 rings (SSSR count). The van der Waals surface area contributed by atoms with Crippen molar-refractivity contribution in [3.8, 4) is 0 Å². The number of likely N-dealkylation sites (N-methyl/N-ethyl adjacent to an activating group) is 1. The molecule has 1 unspecified atom stereocenters. The van der Waals surface area contributed by atoms with E-state index >= 15 is 0 Å². The minimum atomic E-state index is -0.848. The first kappa shape index (κ1) is 10.3. The Hall–Kier alpha value is -0.200. The number of piperidine rings is 1. The van der Waals surface area contributed by atoms with Crippen LogP contribution < -0.4 is 5.32 Å². The van der Waals surface area contributed by atoms with Crippen LogP contribution >= 0.6 is 0 Å². The normalized spacial score (nSPS) is 49.3. The van der Waals surface area contributed by atoms with Gasteiger partial charge in [0.15, 0.2) is 0 Å². The van der Waals surface area contributed by atoms with Gasteiger partial charge in [0.05, 0.1) is 24.4 Å². The SMILES string of the molecule is CN[C@H]1CN2CC[C@H](O)C2[C@@H](O)[C@@H]1O. The van der Waals surface area contributed by atoms with E-state index in [2.05, 4.69) is 5.32 Å². The smallest absolute Gasteiger partial charge is 0.0994 e. The lowest BCUT2D eigenvalue weighted by atomic mass is 9.91. The van der Waals surface area contributed by atoms with Gasteiger partial charge in [0.2, 0.25) is 0 Å². The summed E-state index contributed by atoms with van der Waals surface area (Å²) in [4.78, 5) is 2.04. The second-order valence-corrected chi connectivity index (χ2v) is 4.22. The molecule has 0 amide bonds. The highest BCUT2D eigenvalue weighted by Gasteiger charge is 2.47. The molecular weight excluding hydrogens is 184 g/mol. The van der Waals surface area contributed by atoms with Gasteiger partial charge < -0.3 is 20.6 Å². The molecule has 0 radical (unpaired) electrons. The fourth-order valence-corrected chi connectivity index (χ4v) is 2.58. The third-order valence-electron chi connectivity index (χ3n) is 3.44. The Morgan fingerprint density at radius 2 is 1.93 bits per heavy atom. The molecule has 14 heavy (non-hydrogen) atoms. The summed E-state index contributed by atoms with van der Waals surface area (Å²) in [7, 11) is 1.77. The maximum Gasteiger partial charge on any atom is 0.0994 e. The van der Waals surface area contributed by atoms with E-state index in [4.69, 9.17) is 0 Å². The zero-order valence-corrected chi connectivity index (χ0v) is 8.30. The van der Waals surface area contributed by atoms with Gasteiger partial charge in [-0.05, 0) is 13.5 Å². The number of fused-ring (bicyclic) bond motifs is 1. The van der Waals surface area contributed by atoms with Crippen molar-refractivity contribution in [3.63, 3.8) is 0 Å². The van der Waals surface area contributed by atoms with Crippen LogP contribution in [0.15, 0.2) is 0 Å². The molecular formula is C9H18N2O3. The van der Waals surface area contributed by atoms with Crippen molar-refractivity contribution < 1.29 is 15.3 Å². The molecule has 5 atom stereocenters. The van der Waals surface area contributed by atoms with E-state index in [1.807, 2.05) is 4.90 Å². The highest BCUT2D eigenvalue weighted by atomic mass is 16.3. The maximum absolute atomic E-state index is 9.83. The monoisotopic (exact) mass is 202 g/mol. The first-order valence-electron chi connectivity index (χ1n) is 5.10. The van der Waals surface area contributed by atoms with E-state index < -0.39 is 18.3 Å². The van der Waals surface area contributed by atoms with E-state index in [-0.39, 0.29) is 12.1 Å². The Balaban J connectivity index is 2.13. The lowest BCUT2D eigenvalue weighted by Crippen LogP contribution is -2.64. The molecule has 0 bridgehead atoms. The second-order valence-electron chi connectivity index (χ2n) is 4.22. The number of rotatable bonds is 1. The van der Waals surface area contributed by atoms with Gasteiger partial charge in [-0.3, -0.25) is 4.90 Å². The molecule has 4 N–H and O–H groups in total. The summed E-state index contributed by atoms with van der Waals surface area (Å²) in [6, 6.07) is -0.388. The Kier molecular flexibility index (Phi) is 2.77. The van der Waals surface area contributed by atoms with Crippen molar-refractivity contribution in [2.24, 2.45) is 0 Å². The average Bonchev–Trinajstić information content (AvgIpc) is 2.54. The van der Waals surface area contributed by atoms with E-state index in [9.17, 15) is 15.3 Å². The summed E-state index contributed by atoms with van der Waals surface area (Å²) in [6.07, 6.45) is -1.45. The first-order chi connectivity index (χ1) is 6.65. The van der Waals surface area contributed by atoms with Crippen LogP contribution in [0.25, 0.3) is 0 Å². The summed E-state index contributed by atoms with van der Waals surface area (Å²) in [5.74, 6) is 0. The Bertz CT molecular complexity index is 214. The van der Waals surface area contributed by atoms with Gasteiger partial charge in [0, 0.05) is 19.1 Å². The van der Waals surface area contributed by atoms with Crippen molar-refractivity contribution >= 4 is 0 Å². The van der Waals surface area contributed by atoms with Crippen LogP contribution in [0.4, 0.5) is 0 Å². The van der Waals surface area contributed by atoms with Gasteiger partial charge in [-0.2, -0.15) is 0 Å². The van der Waals surface area contributed by atoms with E-state index in [0.717, 1.165) is 6.54 Å². The van der Waals surface area contributed by atoms with E-state index in [1.54, 1.807) is 7.05 Å². The van der Waals surface area contributed by atoms with Crippen molar-refractivity contribution in [2.45, 2.75) is 36.8 Å². The highest BCUT2D eigenvalue weighted by molar-refractivity contribution is 5.03. The average molecular weight is 202 g/mol. The van der Waals surface area contributed by atoms with Gasteiger partial charge in [0.25, 0.3) is 0 Å². The standard InChI is InChI=1S/C9H18N2O3/c1-10-5-4-11-3-2-6(12)7(11)9(14)8(5)13/h5-10,12-14H,2-4H2,1H3/t5-,6-,7?,8+,9+/m0/s1. The molecule has 2 fully saturated rings. The van der Waals surface area contributed by atoms with Gasteiger partial charge in [-0.15, -0.1) is 0 Å². The van der Waals surface area contributed by atoms with Gasteiger partial charge in [0.1, 0.15) is 0 Å². The molecule has 0 aliphatic carbocycles. The fraction of sp³-hybridized carbons (Fsp3) is 1.00. The van der Waals surface area contributed by atoms with Gasteiger partial charge in [-0.1, -0.05) is 0 Å². The molecule has 2 saturated heterocycles. The first-order valence-corrected chi connectivity index (χ1v) is 5.10. The highest BCUT2D eigenvalue weighted by Crippen LogP contribution is 2.27. The van der Waals surface area contributed by atoms with Crippen molar-refractivity contribution in [1.29, 1.82) is 0 Å². The number of hydrogen-bond donors (Lipinski definition) is 4. The molecule has 5 nitrogen and oxygen atoms in total. The number of aliphatic hydroxyl groups is 3. The lowest BCUT2D eigenvalue weighted by Gasteiger charge is -2.42.